The summed E-state index contributed by atoms with van der Waals surface area (Å²) in [7, 11) is 0. The molecule has 3 fully saturated rings. The van der Waals surface area contributed by atoms with Gasteiger partial charge in [0.15, 0.2) is 0 Å². The standard InChI is InChI=1S/C13H24N2O2/c14-12(4-7-17-8-5-12)13(16)3-1-10-2-6-15-11(13)9-10/h10-11,15-16H,1-9,14H2. The van der Waals surface area contributed by atoms with Gasteiger partial charge in [-0.05, 0) is 51.0 Å². The van der Waals surface area contributed by atoms with E-state index in [2.05, 4.69) is 5.32 Å². The molecule has 2 heterocycles. The topological polar surface area (TPSA) is 67.5 Å². The van der Waals surface area contributed by atoms with Crippen LogP contribution in [0.2, 0.25) is 0 Å². The van der Waals surface area contributed by atoms with Crippen LogP contribution in [0, 0.1) is 5.92 Å². The van der Waals surface area contributed by atoms with Gasteiger partial charge in [-0.2, -0.15) is 0 Å². The first-order valence-corrected chi connectivity index (χ1v) is 6.96. The molecule has 0 amide bonds. The van der Waals surface area contributed by atoms with Crippen molar-refractivity contribution in [2.24, 2.45) is 11.7 Å². The largest absolute Gasteiger partial charge is 0.386 e. The minimum atomic E-state index is -0.728. The number of aliphatic hydroxyl groups is 1. The van der Waals surface area contributed by atoms with Gasteiger partial charge >= 0.3 is 0 Å². The normalized spacial score (nSPS) is 45.5. The number of fused-ring (bicyclic) bond motifs is 2. The highest BCUT2D eigenvalue weighted by molar-refractivity contribution is 5.13. The highest BCUT2D eigenvalue weighted by Gasteiger charge is 2.55. The molecule has 0 radical (unpaired) electrons. The van der Waals surface area contributed by atoms with Gasteiger partial charge in [0.25, 0.3) is 0 Å². The maximum Gasteiger partial charge on any atom is 0.0980 e. The Morgan fingerprint density at radius 2 is 1.94 bits per heavy atom. The van der Waals surface area contributed by atoms with E-state index in [1.54, 1.807) is 0 Å². The van der Waals surface area contributed by atoms with E-state index in [1.165, 1.54) is 6.42 Å². The fourth-order valence-electron chi connectivity index (χ4n) is 3.99. The molecule has 0 aromatic rings. The van der Waals surface area contributed by atoms with Crippen LogP contribution in [0.4, 0.5) is 0 Å². The Balaban J connectivity index is 1.83. The number of piperidine rings is 1. The maximum absolute atomic E-state index is 11.1. The van der Waals surface area contributed by atoms with Gasteiger partial charge in [0, 0.05) is 19.3 Å². The number of rotatable bonds is 1. The molecular formula is C13H24N2O2. The van der Waals surface area contributed by atoms with E-state index in [1.807, 2.05) is 0 Å². The van der Waals surface area contributed by atoms with Crippen LogP contribution in [-0.2, 0) is 4.74 Å². The van der Waals surface area contributed by atoms with E-state index in [0.717, 1.165) is 44.6 Å². The maximum atomic E-state index is 11.1. The second-order valence-corrected chi connectivity index (χ2v) is 6.13. The lowest BCUT2D eigenvalue weighted by Crippen LogP contribution is -2.73. The Morgan fingerprint density at radius 1 is 1.18 bits per heavy atom. The first-order chi connectivity index (χ1) is 8.14. The molecule has 1 saturated carbocycles. The Bertz CT molecular complexity index is 291. The van der Waals surface area contributed by atoms with Crippen LogP contribution in [0.15, 0.2) is 0 Å². The molecule has 4 heteroatoms. The van der Waals surface area contributed by atoms with Crippen molar-refractivity contribution in [1.29, 1.82) is 0 Å². The van der Waals surface area contributed by atoms with Crippen molar-refractivity contribution < 1.29 is 9.84 Å². The van der Waals surface area contributed by atoms with E-state index in [0.29, 0.717) is 13.2 Å². The molecule has 1 aliphatic carbocycles. The van der Waals surface area contributed by atoms with Gasteiger partial charge in [-0.15, -0.1) is 0 Å². The van der Waals surface area contributed by atoms with Crippen LogP contribution >= 0.6 is 0 Å². The van der Waals surface area contributed by atoms with Crippen LogP contribution in [0.25, 0.3) is 0 Å². The molecule has 2 aliphatic heterocycles. The molecule has 3 rings (SSSR count). The average Bonchev–Trinajstić information content (AvgIpc) is 2.36. The molecule has 3 aliphatic rings. The fourth-order valence-corrected chi connectivity index (χ4v) is 3.99. The van der Waals surface area contributed by atoms with E-state index in [4.69, 9.17) is 10.5 Å². The predicted molar refractivity (Wildman–Crippen MR) is 65.7 cm³/mol. The van der Waals surface area contributed by atoms with Crippen molar-refractivity contribution in [1.82, 2.24) is 5.32 Å². The SMILES string of the molecule is NC1(C2(O)CCC3CCNC2C3)CCOCC1. The van der Waals surface area contributed by atoms with E-state index < -0.39 is 11.1 Å². The lowest BCUT2D eigenvalue weighted by molar-refractivity contribution is -0.134. The first-order valence-electron chi connectivity index (χ1n) is 6.96. The molecule has 4 nitrogen and oxygen atoms in total. The van der Waals surface area contributed by atoms with Crippen LogP contribution in [0.1, 0.15) is 38.5 Å². The predicted octanol–water partition coefficient (Wildman–Crippen LogP) is 0.387. The summed E-state index contributed by atoms with van der Waals surface area (Å²) >= 11 is 0. The zero-order valence-corrected chi connectivity index (χ0v) is 10.5. The molecule has 3 unspecified atom stereocenters. The molecule has 0 aromatic heterocycles. The smallest absolute Gasteiger partial charge is 0.0980 e. The monoisotopic (exact) mass is 240 g/mol. The van der Waals surface area contributed by atoms with Gasteiger partial charge in [-0.3, -0.25) is 0 Å². The number of hydrogen-bond acceptors (Lipinski definition) is 4. The van der Waals surface area contributed by atoms with Gasteiger partial charge in [-0.1, -0.05) is 0 Å². The number of ether oxygens (including phenoxy) is 1. The van der Waals surface area contributed by atoms with Gasteiger partial charge < -0.3 is 20.9 Å². The third-order valence-electron chi connectivity index (χ3n) is 5.27. The summed E-state index contributed by atoms with van der Waals surface area (Å²) in [6.45, 7) is 2.41. The summed E-state index contributed by atoms with van der Waals surface area (Å²) < 4.78 is 5.39. The molecule has 3 atom stereocenters. The van der Waals surface area contributed by atoms with Crippen LogP contribution in [0.3, 0.4) is 0 Å². The summed E-state index contributed by atoms with van der Waals surface area (Å²) in [6, 6.07) is 0.193. The number of nitrogens with two attached hydrogens (primary N) is 1. The van der Waals surface area contributed by atoms with Crippen LogP contribution in [0.5, 0.6) is 0 Å². The zero-order valence-electron chi connectivity index (χ0n) is 10.5. The molecule has 4 N–H and O–H groups in total. The summed E-state index contributed by atoms with van der Waals surface area (Å²) in [5.74, 6) is 0.796. The van der Waals surface area contributed by atoms with Crippen molar-refractivity contribution in [2.75, 3.05) is 19.8 Å². The third-order valence-corrected chi connectivity index (χ3v) is 5.27. The van der Waals surface area contributed by atoms with Crippen LogP contribution in [-0.4, -0.2) is 42.0 Å². The second kappa shape index (κ2) is 4.19. The van der Waals surface area contributed by atoms with E-state index in [9.17, 15) is 5.11 Å². The molecule has 0 aromatic carbocycles. The van der Waals surface area contributed by atoms with Crippen molar-refractivity contribution in [3.05, 3.63) is 0 Å². The molecule has 2 saturated heterocycles. The summed E-state index contributed by atoms with van der Waals surface area (Å²) in [5, 5.41) is 14.6. The highest BCUT2D eigenvalue weighted by Crippen LogP contribution is 2.44. The Hall–Kier alpha value is -0.160. The van der Waals surface area contributed by atoms with Gasteiger partial charge in [0.05, 0.1) is 11.1 Å². The second-order valence-electron chi connectivity index (χ2n) is 6.13. The van der Waals surface area contributed by atoms with Gasteiger partial charge in [0.2, 0.25) is 0 Å². The van der Waals surface area contributed by atoms with Crippen molar-refractivity contribution >= 4 is 0 Å². The quantitative estimate of drug-likeness (QED) is 0.620. The first kappa shape index (κ1) is 11.9. The molecule has 98 valence electrons. The van der Waals surface area contributed by atoms with E-state index >= 15 is 0 Å². The minimum absolute atomic E-state index is 0.193. The fraction of sp³-hybridized carbons (Fsp3) is 1.00. The minimum Gasteiger partial charge on any atom is -0.386 e. The number of hydrogen-bond donors (Lipinski definition) is 3. The molecule has 0 spiro atoms. The summed E-state index contributed by atoms with van der Waals surface area (Å²) in [6.07, 6.45) is 5.91. The number of nitrogens with one attached hydrogen (secondary N) is 1. The lowest BCUT2D eigenvalue weighted by atomic mass is 9.61. The Kier molecular flexibility index (Phi) is 2.94. The van der Waals surface area contributed by atoms with Crippen LogP contribution < -0.4 is 11.1 Å². The van der Waals surface area contributed by atoms with Crippen molar-refractivity contribution in [2.45, 2.75) is 55.7 Å². The van der Waals surface area contributed by atoms with Gasteiger partial charge in [-0.25, -0.2) is 0 Å². The van der Waals surface area contributed by atoms with Gasteiger partial charge in [0.1, 0.15) is 0 Å². The van der Waals surface area contributed by atoms with E-state index in [-0.39, 0.29) is 6.04 Å². The highest BCUT2D eigenvalue weighted by atomic mass is 16.5. The Morgan fingerprint density at radius 3 is 2.71 bits per heavy atom. The molecular weight excluding hydrogens is 216 g/mol. The average molecular weight is 240 g/mol. The lowest BCUT2D eigenvalue weighted by Gasteiger charge is -2.56. The third kappa shape index (κ3) is 1.82. The molecule has 17 heavy (non-hydrogen) atoms. The summed E-state index contributed by atoms with van der Waals surface area (Å²) in [5.41, 5.74) is 5.35. The van der Waals surface area contributed by atoms with Crippen molar-refractivity contribution in [3.8, 4) is 0 Å². The Labute approximate surface area is 103 Å². The zero-order chi connectivity index (χ0) is 11.9. The molecule has 2 bridgehead atoms. The van der Waals surface area contributed by atoms with Crippen molar-refractivity contribution in [3.63, 3.8) is 0 Å². The summed E-state index contributed by atoms with van der Waals surface area (Å²) in [4.78, 5) is 0.